The average Bonchev–Trinajstić information content (AvgIpc) is 3.04. The number of hydrogen-bond acceptors (Lipinski definition) is 4. The molecule has 0 unspecified atom stereocenters. The van der Waals surface area contributed by atoms with Crippen LogP contribution < -0.4 is 5.32 Å². The Kier molecular flexibility index (Phi) is 5.13. The van der Waals surface area contributed by atoms with Gasteiger partial charge < -0.3 is 9.84 Å². The summed E-state index contributed by atoms with van der Waals surface area (Å²) < 4.78 is 5.17. The summed E-state index contributed by atoms with van der Waals surface area (Å²) in [4.78, 5) is 16.3. The topological polar surface area (TPSA) is 68.0 Å². The Labute approximate surface area is 148 Å². The third kappa shape index (κ3) is 3.93. The molecule has 5 nitrogen and oxygen atoms in total. The molecule has 2 aromatic carbocycles. The number of carbonyl (C=O) groups excluding carboxylic acids is 1. The van der Waals surface area contributed by atoms with Gasteiger partial charge in [0.1, 0.15) is 0 Å². The Bertz CT molecular complexity index is 864. The van der Waals surface area contributed by atoms with Gasteiger partial charge in [-0.3, -0.25) is 4.79 Å². The van der Waals surface area contributed by atoms with E-state index >= 15 is 0 Å². The highest BCUT2D eigenvalue weighted by molar-refractivity contribution is 6.33. The second-order valence-electron chi connectivity index (χ2n) is 5.02. The molecule has 0 aliphatic heterocycles. The lowest BCUT2D eigenvalue weighted by Gasteiger charge is -2.05. The van der Waals surface area contributed by atoms with Crippen LogP contribution in [0.1, 0.15) is 12.3 Å². The summed E-state index contributed by atoms with van der Waals surface area (Å²) in [6.45, 7) is 0. The molecule has 24 heavy (non-hydrogen) atoms. The van der Waals surface area contributed by atoms with E-state index in [2.05, 4.69) is 15.5 Å². The van der Waals surface area contributed by atoms with Gasteiger partial charge in [-0.2, -0.15) is 4.98 Å². The van der Waals surface area contributed by atoms with Gasteiger partial charge in [0, 0.05) is 18.4 Å². The summed E-state index contributed by atoms with van der Waals surface area (Å²) in [7, 11) is 0. The highest BCUT2D eigenvalue weighted by Crippen LogP contribution is 2.25. The second-order valence-corrected chi connectivity index (χ2v) is 5.83. The predicted molar refractivity (Wildman–Crippen MR) is 93.1 cm³/mol. The van der Waals surface area contributed by atoms with Gasteiger partial charge in [-0.05, 0) is 24.3 Å². The number of nitrogens with one attached hydrogen (secondary N) is 1. The van der Waals surface area contributed by atoms with Gasteiger partial charge in [-0.15, -0.1) is 0 Å². The molecule has 7 heteroatoms. The third-order valence-electron chi connectivity index (χ3n) is 3.30. The van der Waals surface area contributed by atoms with Gasteiger partial charge in [0.2, 0.25) is 17.6 Å². The zero-order valence-corrected chi connectivity index (χ0v) is 14.0. The van der Waals surface area contributed by atoms with Gasteiger partial charge in [0.05, 0.1) is 15.7 Å². The summed E-state index contributed by atoms with van der Waals surface area (Å²) in [5.74, 6) is 0.599. The van der Waals surface area contributed by atoms with Crippen molar-refractivity contribution in [3.05, 3.63) is 64.5 Å². The van der Waals surface area contributed by atoms with Crippen LogP contribution in [0.4, 0.5) is 5.69 Å². The molecule has 1 N–H and O–H groups in total. The average molecular weight is 362 g/mol. The number of aromatic nitrogens is 2. The molecule has 0 aliphatic carbocycles. The number of aryl methyl sites for hydroxylation is 1. The van der Waals surface area contributed by atoms with Crippen LogP contribution in [-0.4, -0.2) is 16.0 Å². The second kappa shape index (κ2) is 7.47. The van der Waals surface area contributed by atoms with Gasteiger partial charge >= 0.3 is 0 Å². The number of amides is 1. The van der Waals surface area contributed by atoms with Gasteiger partial charge in [0.25, 0.3) is 0 Å². The maximum Gasteiger partial charge on any atom is 0.227 e. The molecule has 1 aromatic heterocycles. The molecular weight excluding hydrogens is 349 g/mol. The monoisotopic (exact) mass is 361 g/mol. The Morgan fingerprint density at radius 2 is 1.75 bits per heavy atom. The normalized spacial score (nSPS) is 10.6. The van der Waals surface area contributed by atoms with Crippen LogP contribution in [0.5, 0.6) is 0 Å². The van der Waals surface area contributed by atoms with E-state index in [0.717, 1.165) is 0 Å². The van der Waals surface area contributed by atoms with Crippen molar-refractivity contribution in [1.82, 2.24) is 10.1 Å². The highest BCUT2D eigenvalue weighted by atomic mass is 35.5. The molecule has 0 bridgehead atoms. The number of benzene rings is 2. The summed E-state index contributed by atoms with van der Waals surface area (Å²) in [6, 6.07) is 14.3. The summed E-state index contributed by atoms with van der Waals surface area (Å²) >= 11 is 12.1. The Morgan fingerprint density at radius 1 is 1.04 bits per heavy atom. The Morgan fingerprint density at radius 3 is 2.50 bits per heavy atom. The SMILES string of the molecule is O=C(CCc1nc(-c2ccccc2Cl)no1)Nc1ccccc1Cl. The quantitative estimate of drug-likeness (QED) is 0.719. The summed E-state index contributed by atoms with van der Waals surface area (Å²) in [6.07, 6.45) is 0.531. The first kappa shape index (κ1) is 16.5. The molecule has 0 fully saturated rings. The molecule has 0 saturated heterocycles. The molecule has 3 aromatic rings. The van der Waals surface area contributed by atoms with E-state index in [1.54, 1.807) is 36.4 Å². The maximum absolute atomic E-state index is 12.0. The van der Waals surface area contributed by atoms with Gasteiger partial charge in [-0.1, -0.05) is 52.6 Å². The van der Waals surface area contributed by atoms with E-state index in [1.165, 1.54) is 0 Å². The summed E-state index contributed by atoms with van der Waals surface area (Å²) in [5, 5.41) is 7.68. The van der Waals surface area contributed by atoms with Crippen LogP contribution in [0.15, 0.2) is 53.1 Å². The zero-order valence-electron chi connectivity index (χ0n) is 12.5. The van der Waals surface area contributed by atoms with Crippen molar-refractivity contribution in [3.63, 3.8) is 0 Å². The minimum Gasteiger partial charge on any atom is -0.339 e. The molecule has 1 amide bonds. The van der Waals surface area contributed by atoms with Crippen molar-refractivity contribution in [2.45, 2.75) is 12.8 Å². The first-order chi connectivity index (χ1) is 11.6. The number of carbonyl (C=O) groups is 1. The number of nitrogens with zero attached hydrogens (tertiary/aromatic N) is 2. The van der Waals surface area contributed by atoms with Crippen molar-refractivity contribution in [2.75, 3.05) is 5.32 Å². The Hall–Kier alpha value is -2.37. The first-order valence-electron chi connectivity index (χ1n) is 7.25. The number of hydrogen-bond donors (Lipinski definition) is 1. The lowest BCUT2D eigenvalue weighted by atomic mass is 10.2. The van der Waals surface area contributed by atoms with Gasteiger partial charge in [0.15, 0.2) is 0 Å². The minimum atomic E-state index is -0.180. The van der Waals surface area contributed by atoms with Gasteiger partial charge in [-0.25, -0.2) is 0 Å². The molecular formula is C17H13Cl2N3O2. The van der Waals surface area contributed by atoms with Crippen LogP contribution in [0.3, 0.4) is 0 Å². The molecule has 0 aliphatic rings. The smallest absolute Gasteiger partial charge is 0.227 e. The van der Waals surface area contributed by atoms with Crippen molar-refractivity contribution >= 4 is 34.8 Å². The maximum atomic E-state index is 12.0. The van der Waals surface area contributed by atoms with Crippen LogP contribution in [0.2, 0.25) is 10.0 Å². The third-order valence-corrected chi connectivity index (χ3v) is 3.96. The minimum absolute atomic E-state index is 0.180. The summed E-state index contributed by atoms with van der Waals surface area (Å²) in [5.41, 5.74) is 1.26. The fourth-order valence-corrected chi connectivity index (χ4v) is 2.51. The number of rotatable bonds is 5. The molecule has 0 spiro atoms. The largest absolute Gasteiger partial charge is 0.339 e. The fourth-order valence-electron chi connectivity index (χ4n) is 2.10. The first-order valence-corrected chi connectivity index (χ1v) is 8.01. The lowest BCUT2D eigenvalue weighted by molar-refractivity contribution is -0.116. The molecule has 1 heterocycles. The molecule has 0 radical (unpaired) electrons. The zero-order chi connectivity index (χ0) is 16.9. The van der Waals surface area contributed by atoms with E-state index in [1.807, 2.05) is 12.1 Å². The highest BCUT2D eigenvalue weighted by Gasteiger charge is 2.13. The lowest BCUT2D eigenvalue weighted by Crippen LogP contribution is -2.12. The van der Waals surface area contributed by atoms with E-state index in [0.29, 0.717) is 39.4 Å². The van der Waals surface area contributed by atoms with E-state index in [-0.39, 0.29) is 12.3 Å². The molecule has 122 valence electrons. The van der Waals surface area contributed by atoms with Crippen molar-refractivity contribution < 1.29 is 9.32 Å². The van der Waals surface area contributed by atoms with Crippen molar-refractivity contribution in [2.24, 2.45) is 0 Å². The van der Waals surface area contributed by atoms with E-state index in [9.17, 15) is 4.79 Å². The van der Waals surface area contributed by atoms with Crippen LogP contribution in [0, 0.1) is 0 Å². The molecule has 3 rings (SSSR count). The standard InChI is InChI=1S/C17H13Cl2N3O2/c18-12-6-2-1-5-11(12)17-21-16(24-22-17)10-9-15(23)20-14-8-4-3-7-13(14)19/h1-8H,9-10H2,(H,20,23). The van der Waals surface area contributed by atoms with E-state index < -0.39 is 0 Å². The van der Waals surface area contributed by atoms with Crippen LogP contribution >= 0.6 is 23.2 Å². The fraction of sp³-hybridized carbons (Fsp3) is 0.118. The van der Waals surface area contributed by atoms with Crippen LogP contribution in [-0.2, 0) is 11.2 Å². The number of para-hydroxylation sites is 1. The van der Waals surface area contributed by atoms with Crippen molar-refractivity contribution in [1.29, 1.82) is 0 Å². The Balaban J connectivity index is 1.61. The van der Waals surface area contributed by atoms with Crippen LogP contribution in [0.25, 0.3) is 11.4 Å². The molecule has 0 atom stereocenters. The van der Waals surface area contributed by atoms with E-state index in [4.69, 9.17) is 27.7 Å². The van der Waals surface area contributed by atoms with Crippen molar-refractivity contribution in [3.8, 4) is 11.4 Å². The molecule has 0 saturated carbocycles. The predicted octanol–water partition coefficient (Wildman–Crippen LogP) is 4.61. The number of halogens is 2. The number of anilines is 1.